The minimum absolute atomic E-state index is 0.520. The Morgan fingerprint density at radius 3 is 3.07 bits per heavy atom. The highest BCUT2D eigenvalue weighted by atomic mass is 32.1. The number of rotatable bonds is 1. The summed E-state index contributed by atoms with van der Waals surface area (Å²) in [5.74, 6) is 0.520. The number of anilines is 1. The molecule has 5 heteroatoms. The van der Waals surface area contributed by atoms with E-state index in [1.807, 2.05) is 29.6 Å². The van der Waals surface area contributed by atoms with Gasteiger partial charge in [0.15, 0.2) is 5.65 Å². The molecule has 2 N–H and O–H groups in total. The van der Waals surface area contributed by atoms with Gasteiger partial charge in [-0.25, -0.2) is 9.50 Å². The van der Waals surface area contributed by atoms with Crippen LogP contribution in [-0.4, -0.2) is 14.6 Å². The number of nitrogen functional groups attached to an aromatic ring is 1. The predicted molar refractivity (Wildman–Crippen MR) is 60.7 cm³/mol. The zero-order chi connectivity index (χ0) is 10.3. The molecule has 3 heterocycles. The molecule has 0 spiro atoms. The lowest BCUT2D eigenvalue weighted by molar-refractivity contribution is 0.953. The van der Waals surface area contributed by atoms with Gasteiger partial charge in [0, 0.05) is 12.1 Å². The van der Waals surface area contributed by atoms with Gasteiger partial charge in [-0.1, -0.05) is 6.07 Å². The molecule has 0 aliphatic rings. The van der Waals surface area contributed by atoms with Crippen LogP contribution in [0.1, 0.15) is 0 Å². The average Bonchev–Trinajstić information content (AvgIpc) is 2.86. The highest BCUT2D eigenvalue weighted by Gasteiger charge is 2.07. The van der Waals surface area contributed by atoms with Crippen molar-refractivity contribution < 1.29 is 0 Å². The van der Waals surface area contributed by atoms with E-state index in [1.54, 1.807) is 22.0 Å². The molecule has 0 aliphatic carbocycles. The molecule has 0 bridgehead atoms. The first kappa shape index (κ1) is 8.43. The fraction of sp³-hybridized carbons (Fsp3) is 0. The lowest BCUT2D eigenvalue weighted by Crippen LogP contribution is -1.98. The van der Waals surface area contributed by atoms with Crippen molar-refractivity contribution in [1.82, 2.24) is 14.6 Å². The van der Waals surface area contributed by atoms with Gasteiger partial charge < -0.3 is 5.73 Å². The monoisotopic (exact) mass is 216 g/mol. The van der Waals surface area contributed by atoms with E-state index in [0.29, 0.717) is 5.82 Å². The SMILES string of the molecule is Nc1cc(-c2cccs2)n2nccc2n1. The van der Waals surface area contributed by atoms with Crippen molar-refractivity contribution in [3.8, 4) is 10.6 Å². The van der Waals surface area contributed by atoms with Crippen LogP contribution in [-0.2, 0) is 0 Å². The molecule has 15 heavy (non-hydrogen) atoms. The summed E-state index contributed by atoms with van der Waals surface area (Å²) in [6.45, 7) is 0. The van der Waals surface area contributed by atoms with E-state index in [0.717, 1.165) is 16.2 Å². The van der Waals surface area contributed by atoms with Crippen molar-refractivity contribution in [3.05, 3.63) is 35.8 Å². The van der Waals surface area contributed by atoms with Gasteiger partial charge >= 0.3 is 0 Å². The molecule has 0 aliphatic heterocycles. The van der Waals surface area contributed by atoms with Crippen molar-refractivity contribution in [2.75, 3.05) is 5.73 Å². The minimum atomic E-state index is 0.520. The van der Waals surface area contributed by atoms with Crippen molar-refractivity contribution >= 4 is 22.8 Å². The third-order valence-electron chi connectivity index (χ3n) is 2.15. The number of fused-ring (bicyclic) bond motifs is 1. The van der Waals surface area contributed by atoms with Crippen LogP contribution in [0.2, 0.25) is 0 Å². The maximum Gasteiger partial charge on any atom is 0.158 e. The molecule has 0 saturated heterocycles. The van der Waals surface area contributed by atoms with Crippen LogP contribution in [0, 0.1) is 0 Å². The highest BCUT2D eigenvalue weighted by Crippen LogP contribution is 2.25. The molecule has 0 radical (unpaired) electrons. The normalized spacial score (nSPS) is 10.9. The molecule has 0 unspecified atom stereocenters. The second-order valence-corrected chi connectivity index (χ2v) is 4.09. The quantitative estimate of drug-likeness (QED) is 0.677. The Kier molecular flexibility index (Phi) is 1.72. The van der Waals surface area contributed by atoms with E-state index < -0.39 is 0 Å². The second-order valence-electron chi connectivity index (χ2n) is 3.14. The summed E-state index contributed by atoms with van der Waals surface area (Å²) >= 11 is 1.66. The lowest BCUT2D eigenvalue weighted by atomic mass is 10.3. The first-order valence-corrected chi connectivity index (χ1v) is 5.37. The molecule has 4 nitrogen and oxygen atoms in total. The maximum absolute atomic E-state index is 5.74. The van der Waals surface area contributed by atoms with Crippen LogP contribution in [0.4, 0.5) is 5.82 Å². The summed E-state index contributed by atoms with van der Waals surface area (Å²) in [4.78, 5) is 5.33. The topological polar surface area (TPSA) is 56.2 Å². The molecule has 0 amide bonds. The first-order valence-electron chi connectivity index (χ1n) is 4.49. The Morgan fingerprint density at radius 2 is 2.27 bits per heavy atom. The van der Waals surface area contributed by atoms with Crippen LogP contribution >= 0.6 is 11.3 Å². The third-order valence-corrected chi connectivity index (χ3v) is 3.05. The van der Waals surface area contributed by atoms with Crippen LogP contribution < -0.4 is 5.73 Å². The largest absolute Gasteiger partial charge is 0.384 e. The standard InChI is InChI=1S/C10H8N4S/c11-9-6-7(8-2-1-5-15-8)14-10(13-9)3-4-12-14/h1-6H,(H2,11,13). The predicted octanol–water partition coefficient (Wildman–Crippen LogP) is 2.04. The number of aromatic nitrogens is 3. The zero-order valence-electron chi connectivity index (χ0n) is 7.79. The van der Waals surface area contributed by atoms with Crippen molar-refractivity contribution in [2.24, 2.45) is 0 Å². The molecule has 0 fully saturated rings. The third kappa shape index (κ3) is 1.28. The van der Waals surface area contributed by atoms with Crippen molar-refractivity contribution in [2.45, 2.75) is 0 Å². The van der Waals surface area contributed by atoms with E-state index in [9.17, 15) is 0 Å². The Labute approximate surface area is 90.0 Å². The first-order chi connectivity index (χ1) is 7.34. The van der Waals surface area contributed by atoms with Gasteiger partial charge in [0.1, 0.15) is 5.82 Å². The van der Waals surface area contributed by atoms with Gasteiger partial charge in [-0.05, 0) is 11.4 Å². The van der Waals surface area contributed by atoms with E-state index in [4.69, 9.17) is 5.73 Å². The summed E-state index contributed by atoms with van der Waals surface area (Å²) < 4.78 is 1.79. The Morgan fingerprint density at radius 1 is 1.33 bits per heavy atom. The molecular formula is C10H8N4S. The molecule has 0 atom stereocenters. The maximum atomic E-state index is 5.74. The van der Waals surface area contributed by atoms with Gasteiger partial charge in [-0.15, -0.1) is 11.3 Å². The van der Waals surface area contributed by atoms with E-state index in [1.165, 1.54) is 0 Å². The van der Waals surface area contributed by atoms with Crippen molar-refractivity contribution in [1.29, 1.82) is 0 Å². The Hall–Kier alpha value is -1.88. The Balaban J connectivity index is 2.38. The van der Waals surface area contributed by atoms with Gasteiger partial charge in [0.25, 0.3) is 0 Å². The summed E-state index contributed by atoms with van der Waals surface area (Å²) in [7, 11) is 0. The molecule has 0 aromatic carbocycles. The Bertz CT molecular complexity index is 597. The van der Waals surface area contributed by atoms with Gasteiger partial charge in [-0.2, -0.15) is 5.10 Å². The van der Waals surface area contributed by atoms with Crippen LogP contribution in [0.5, 0.6) is 0 Å². The highest BCUT2D eigenvalue weighted by molar-refractivity contribution is 7.13. The fourth-order valence-electron chi connectivity index (χ4n) is 1.53. The van der Waals surface area contributed by atoms with Gasteiger partial charge in [0.2, 0.25) is 0 Å². The summed E-state index contributed by atoms with van der Waals surface area (Å²) in [5, 5.41) is 6.25. The van der Waals surface area contributed by atoms with Gasteiger partial charge in [-0.3, -0.25) is 0 Å². The second kappa shape index (κ2) is 3.06. The van der Waals surface area contributed by atoms with Crippen LogP contribution in [0.15, 0.2) is 35.8 Å². The molecule has 74 valence electrons. The number of hydrogen-bond acceptors (Lipinski definition) is 4. The minimum Gasteiger partial charge on any atom is -0.384 e. The van der Waals surface area contributed by atoms with Crippen LogP contribution in [0.3, 0.4) is 0 Å². The molecule has 3 aromatic rings. The summed E-state index contributed by atoms with van der Waals surface area (Å²) in [5.41, 5.74) is 7.50. The fourth-order valence-corrected chi connectivity index (χ4v) is 2.26. The zero-order valence-corrected chi connectivity index (χ0v) is 8.61. The molecule has 3 aromatic heterocycles. The van der Waals surface area contributed by atoms with Gasteiger partial charge in [0.05, 0.1) is 16.8 Å². The average molecular weight is 216 g/mol. The van der Waals surface area contributed by atoms with Crippen molar-refractivity contribution in [3.63, 3.8) is 0 Å². The molecule has 3 rings (SSSR count). The van der Waals surface area contributed by atoms with Crippen LogP contribution in [0.25, 0.3) is 16.2 Å². The number of nitrogens with zero attached hydrogens (tertiary/aromatic N) is 3. The number of hydrogen-bond donors (Lipinski definition) is 1. The molecule has 0 saturated carbocycles. The van der Waals surface area contributed by atoms with E-state index >= 15 is 0 Å². The van der Waals surface area contributed by atoms with E-state index in [2.05, 4.69) is 10.1 Å². The lowest BCUT2D eigenvalue weighted by Gasteiger charge is -2.02. The number of nitrogens with two attached hydrogens (primary N) is 1. The molecular weight excluding hydrogens is 208 g/mol. The summed E-state index contributed by atoms with van der Waals surface area (Å²) in [6.07, 6.45) is 1.72. The summed E-state index contributed by atoms with van der Waals surface area (Å²) in [6, 6.07) is 7.73. The van der Waals surface area contributed by atoms with E-state index in [-0.39, 0.29) is 0 Å². The number of thiophene rings is 1. The smallest absolute Gasteiger partial charge is 0.158 e.